The highest BCUT2D eigenvalue weighted by Crippen LogP contribution is 2.20. The average molecular weight is 389 g/mol. The monoisotopic (exact) mass is 389 g/mol. The lowest BCUT2D eigenvalue weighted by molar-refractivity contribution is -0.162. The molecule has 142 valence electrons. The Hall–Kier alpha value is -2.29. The second-order valence-electron chi connectivity index (χ2n) is 5.83. The number of hydrogen-bond donors (Lipinski definition) is 0. The van der Waals surface area contributed by atoms with E-state index in [0.29, 0.717) is 4.90 Å². The molecule has 1 amide bonds. The summed E-state index contributed by atoms with van der Waals surface area (Å²) in [6.07, 6.45) is -3.86. The number of halogens is 3. The summed E-state index contributed by atoms with van der Waals surface area (Å²) in [5.74, 6) is -1.29. The Morgan fingerprint density at radius 3 is 2.35 bits per heavy atom. The van der Waals surface area contributed by atoms with Crippen molar-refractivity contribution in [2.24, 2.45) is 0 Å². The summed E-state index contributed by atoms with van der Waals surface area (Å²) in [6, 6.07) is 8.98. The van der Waals surface area contributed by atoms with Gasteiger partial charge in [0.05, 0.1) is 23.5 Å². The normalized spacial score (nSPS) is 12.2. The Morgan fingerprint density at radius 2 is 1.81 bits per heavy atom. The van der Waals surface area contributed by atoms with Gasteiger partial charge in [-0.15, -0.1) is 0 Å². The first kappa shape index (κ1) is 20.0. The number of alkyl halides is 3. The molecule has 0 aliphatic carbocycles. The van der Waals surface area contributed by atoms with Crippen LogP contribution in [0.1, 0.15) is 17.7 Å². The van der Waals surface area contributed by atoms with Gasteiger partial charge in [-0.25, -0.2) is 8.42 Å². The lowest BCUT2D eigenvalue weighted by Crippen LogP contribution is -2.39. The fourth-order valence-corrected chi connectivity index (χ4v) is 3.51. The maximum absolute atomic E-state index is 12.7. The van der Waals surface area contributed by atoms with Gasteiger partial charge in [0.15, 0.2) is 9.84 Å². The van der Waals surface area contributed by atoms with Crippen molar-refractivity contribution in [3.63, 3.8) is 0 Å². The molecular weight excluding hydrogens is 371 g/mol. The standard InChI is InChI=1S/C17H18F3NO4S/c1-13-4-6-15(7-5-13)26(23,24)10-8-16(22)21(12-17(18,19)20)11-14-3-2-9-25-14/h2-7,9H,8,10-12H2,1H3. The molecule has 2 aromatic rings. The van der Waals surface area contributed by atoms with E-state index in [1.807, 2.05) is 0 Å². The number of hydrogen-bond acceptors (Lipinski definition) is 4. The molecule has 9 heteroatoms. The molecule has 0 saturated heterocycles. The van der Waals surface area contributed by atoms with Crippen LogP contribution in [0.3, 0.4) is 0 Å². The summed E-state index contributed by atoms with van der Waals surface area (Å²) in [5.41, 5.74) is 0.870. The quantitative estimate of drug-likeness (QED) is 0.728. The van der Waals surface area contributed by atoms with Crippen LogP contribution in [0.4, 0.5) is 13.2 Å². The smallest absolute Gasteiger partial charge is 0.406 e. The van der Waals surface area contributed by atoms with Crippen molar-refractivity contribution >= 4 is 15.7 Å². The molecule has 0 spiro atoms. The number of furan rings is 1. The Labute approximate surface area is 149 Å². The number of sulfone groups is 1. The number of amides is 1. The zero-order valence-corrected chi connectivity index (χ0v) is 14.8. The van der Waals surface area contributed by atoms with E-state index in [1.54, 1.807) is 19.1 Å². The largest absolute Gasteiger partial charge is 0.467 e. The molecule has 0 atom stereocenters. The predicted molar refractivity (Wildman–Crippen MR) is 88.0 cm³/mol. The second kappa shape index (κ2) is 7.94. The summed E-state index contributed by atoms with van der Waals surface area (Å²) < 4.78 is 67.7. The molecule has 1 aromatic carbocycles. The molecule has 0 unspecified atom stereocenters. The molecule has 0 bridgehead atoms. The van der Waals surface area contributed by atoms with Crippen molar-refractivity contribution < 1.29 is 30.8 Å². The van der Waals surface area contributed by atoms with Gasteiger partial charge in [-0.05, 0) is 31.2 Å². The van der Waals surface area contributed by atoms with E-state index < -0.39 is 40.6 Å². The summed E-state index contributed by atoms with van der Waals surface area (Å²) in [7, 11) is -3.76. The third kappa shape index (κ3) is 5.91. The van der Waals surface area contributed by atoms with Crippen LogP contribution in [0.25, 0.3) is 0 Å². The van der Waals surface area contributed by atoms with E-state index in [9.17, 15) is 26.4 Å². The predicted octanol–water partition coefficient (Wildman–Crippen LogP) is 3.34. The summed E-state index contributed by atoms with van der Waals surface area (Å²) in [4.78, 5) is 12.8. The van der Waals surface area contributed by atoms with Gasteiger partial charge in [-0.2, -0.15) is 13.2 Å². The van der Waals surface area contributed by atoms with Gasteiger partial charge >= 0.3 is 6.18 Å². The lowest BCUT2D eigenvalue weighted by Gasteiger charge is -2.23. The number of nitrogens with zero attached hydrogens (tertiary/aromatic N) is 1. The van der Waals surface area contributed by atoms with Crippen LogP contribution in [0.5, 0.6) is 0 Å². The Balaban J connectivity index is 2.07. The van der Waals surface area contributed by atoms with E-state index in [2.05, 4.69) is 0 Å². The number of aryl methyl sites for hydroxylation is 1. The van der Waals surface area contributed by atoms with E-state index >= 15 is 0 Å². The van der Waals surface area contributed by atoms with E-state index in [4.69, 9.17) is 4.42 Å². The lowest BCUT2D eigenvalue weighted by atomic mass is 10.2. The molecule has 0 N–H and O–H groups in total. The maximum Gasteiger partial charge on any atom is 0.406 e. The second-order valence-corrected chi connectivity index (χ2v) is 7.94. The molecule has 26 heavy (non-hydrogen) atoms. The van der Waals surface area contributed by atoms with Crippen molar-refractivity contribution in [3.05, 3.63) is 54.0 Å². The summed E-state index contributed by atoms with van der Waals surface area (Å²) >= 11 is 0. The highest BCUT2D eigenvalue weighted by Gasteiger charge is 2.33. The molecule has 2 rings (SSSR count). The molecule has 1 heterocycles. The average Bonchev–Trinajstić information content (AvgIpc) is 3.04. The number of carbonyl (C=O) groups is 1. The van der Waals surface area contributed by atoms with Crippen LogP contribution in [-0.2, 0) is 21.2 Å². The Kier molecular flexibility index (Phi) is 6.12. The summed E-state index contributed by atoms with van der Waals surface area (Å²) in [6.45, 7) is -0.0589. The summed E-state index contributed by atoms with van der Waals surface area (Å²) in [5, 5.41) is 0. The van der Waals surface area contributed by atoms with Gasteiger partial charge in [0.2, 0.25) is 5.91 Å². The van der Waals surface area contributed by atoms with E-state index in [-0.39, 0.29) is 17.2 Å². The van der Waals surface area contributed by atoms with Crippen LogP contribution in [0.2, 0.25) is 0 Å². The highest BCUT2D eigenvalue weighted by molar-refractivity contribution is 7.91. The van der Waals surface area contributed by atoms with Crippen LogP contribution in [0, 0.1) is 6.92 Å². The van der Waals surface area contributed by atoms with Gasteiger partial charge in [0.25, 0.3) is 0 Å². The van der Waals surface area contributed by atoms with Crippen LogP contribution >= 0.6 is 0 Å². The van der Waals surface area contributed by atoms with Crippen molar-refractivity contribution in [1.82, 2.24) is 4.90 Å². The van der Waals surface area contributed by atoms with Crippen molar-refractivity contribution in [2.45, 2.75) is 31.0 Å². The fourth-order valence-electron chi connectivity index (χ4n) is 2.28. The maximum atomic E-state index is 12.7. The highest BCUT2D eigenvalue weighted by atomic mass is 32.2. The molecule has 0 saturated carbocycles. The molecule has 5 nitrogen and oxygen atoms in total. The van der Waals surface area contributed by atoms with Gasteiger partial charge in [0.1, 0.15) is 12.3 Å². The minimum atomic E-state index is -4.60. The zero-order valence-electron chi connectivity index (χ0n) is 14.0. The van der Waals surface area contributed by atoms with Crippen molar-refractivity contribution in [2.75, 3.05) is 12.3 Å². The first-order valence-corrected chi connectivity index (χ1v) is 9.38. The minimum absolute atomic E-state index is 0.0318. The molecule has 0 fully saturated rings. The number of benzene rings is 1. The SMILES string of the molecule is Cc1ccc(S(=O)(=O)CCC(=O)N(Cc2ccco2)CC(F)(F)F)cc1. The topological polar surface area (TPSA) is 67.6 Å². The molecule has 1 aromatic heterocycles. The van der Waals surface area contributed by atoms with Crippen molar-refractivity contribution in [1.29, 1.82) is 0 Å². The van der Waals surface area contributed by atoms with Crippen LogP contribution in [0.15, 0.2) is 52.0 Å². The molecular formula is C17H18F3NO4S. The third-order valence-corrected chi connectivity index (χ3v) is 5.35. The van der Waals surface area contributed by atoms with Crippen LogP contribution in [-0.4, -0.2) is 37.7 Å². The van der Waals surface area contributed by atoms with E-state index in [0.717, 1.165) is 5.56 Å². The third-order valence-electron chi connectivity index (χ3n) is 3.61. The molecule has 0 aliphatic rings. The zero-order chi connectivity index (χ0) is 19.4. The van der Waals surface area contributed by atoms with Crippen LogP contribution < -0.4 is 0 Å². The van der Waals surface area contributed by atoms with Gasteiger partial charge < -0.3 is 9.32 Å². The van der Waals surface area contributed by atoms with Gasteiger partial charge in [0, 0.05) is 6.42 Å². The number of rotatable bonds is 7. The molecule has 0 aliphatic heterocycles. The Bertz CT molecular complexity index is 828. The first-order chi connectivity index (χ1) is 12.1. The molecule has 0 radical (unpaired) electrons. The van der Waals surface area contributed by atoms with E-state index in [1.165, 1.54) is 30.5 Å². The minimum Gasteiger partial charge on any atom is -0.467 e. The van der Waals surface area contributed by atoms with Gasteiger partial charge in [-0.3, -0.25) is 4.79 Å². The number of carbonyl (C=O) groups excluding carboxylic acids is 1. The first-order valence-electron chi connectivity index (χ1n) is 7.73. The van der Waals surface area contributed by atoms with Gasteiger partial charge in [-0.1, -0.05) is 17.7 Å². The fraction of sp³-hybridized carbons (Fsp3) is 0.353. The van der Waals surface area contributed by atoms with Crippen molar-refractivity contribution in [3.8, 4) is 0 Å². The Morgan fingerprint density at radius 1 is 1.15 bits per heavy atom.